The molecule has 1 rings (SSSR count). The Hall–Kier alpha value is -0.610. The fourth-order valence-corrected chi connectivity index (χ4v) is 1.79. The van der Waals surface area contributed by atoms with Gasteiger partial charge in [-0.1, -0.05) is 6.92 Å². The maximum atomic E-state index is 10.4. The third-order valence-corrected chi connectivity index (χ3v) is 2.57. The quantitative estimate of drug-likeness (QED) is 0.656. The number of carboxylic acid groups (broad SMARTS) is 1. The highest BCUT2D eigenvalue weighted by atomic mass is 16.4. The van der Waals surface area contributed by atoms with Crippen molar-refractivity contribution in [3.8, 4) is 0 Å². The normalized spacial score (nSPS) is 24.5. The Morgan fingerprint density at radius 1 is 1.69 bits per heavy atom. The molecular formula is C9H18N2O2. The van der Waals surface area contributed by atoms with Crippen LogP contribution in [0.5, 0.6) is 0 Å². The summed E-state index contributed by atoms with van der Waals surface area (Å²) < 4.78 is 0. The summed E-state index contributed by atoms with van der Waals surface area (Å²) in [7, 11) is 0. The highest BCUT2D eigenvalue weighted by molar-refractivity contribution is 5.66. The summed E-state index contributed by atoms with van der Waals surface area (Å²) in [6.07, 6.45) is 1.04. The van der Waals surface area contributed by atoms with Gasteiger partial charge < -0.3 is 10.4 Å². The van der Waals surface area contributed by atoms with Crippen molar-refractivity contribution in [3.05, 3.63) is 0 Å². The predicted octanol–water partition coefficient (Wildman–Crippen LogP) is 0.145. The second-order valence-corrected chi connectivity index (χ2v) is 3.42. The van der Waals surface area contributed by atoms with Gasteiger partial charge in [0, 0.05) is 32.1 Å². The molecule has 76 valence electrons. The van der Waals surface area contributed by atoms with Crippen LogP contribution in [0, 0.1) is 0 Å². The molecule has 0 saturated carbocycles. The lowest BCUT2D eigenvalue weighted by Crippen LogP contribution is -2.51. The number of aliphatic carboxylic acids is 1. The second kappa shape index (κ2) is 5.19. The first kappa shape index (κ1) is 10.5. The van der Waals surface area contributed by atoms with E-state index in [1.54, 1.807) is 0 Å². The first-order chi connectivity index (χ1) is 6.24. The minimum atomic E-state index is -0.693. The van der Waals surface area contributed by atoms with E-state index in [2.05, 4.69) is 17.1 Å². The van der Waals surface area contributed by atoms with Gasteiger partial charge >= 0.3 is 5.97 Å². The molecule has 4 nitrogen and oxygen atoms in total. The van der Waals surface area contributed by atoms with Gasteiger partial charge in [0.05, 0.1) is 0 Å². The van der Waals surface area contributed by atoms with Crippen LogP contribution in [0.15, 0.2) is 0 Å². The smallest absolute Gasteiger partial charge is 0.303 e. The minimum absolute atomic E-state index is 0.281. The van der Waals surface area contributed by atoms with Crippen molar-refractivity contribution in [3.63, 3.8) is 0 Å². The molecular weight excluding hydrogens is 168 g/mol. The Labute approximate surface area is 78.9 Å². The lowest BCUT2D eigenvalue weighted by Gasteiger charge is -2.35. The molecule has 13 heavy (non-hydrogen) atoms. The Balaban J connectivity index is 2.31. The molecule has 1 aliphatic rings. The van der Waals surface area contributed by atoms with E-state index in [1.807, 2.05) is 0 Å². The highest BCUT2D eigenvalue weighted by Gasteiger charge is 2.20. The van der Waals surface area contributed by atoms with E-state index in [1.165, 1.54) is 0 Å². The highest BCUT2D eigenvalue weighted by Crippen LogP contribution is 2.08. The first-order valence-corrected chi connectivity index (χ1v) is 4.90. The number of likely N-dealkylation sites (N-methyl/N-ethyl adjacent to an activating group) is 1. The summed E-state index contributed by atoms with van der Waals surface area (Å²) in [5.74, 6) is -0.693. The first-order valence-electron chi connectivity index (χ1n) is 4.90. The Kier molecular flexibility index (Phi) is 4.18. The molecule has 0 bridgehead atoms. The van der Waals surface area contributed by atoms with Crippen molar-refractivity contribution in [1.82, 2.24) is 10.2 Å². The van der Waals surface area contributed by atoms with E-state index < -0.39 is 5.97 Å². The average Bonchev–Trinajstić information content (AvgIpc) is 2.15. The molecule has 0 aromatic rings. The minimum Gasteiger partial charge on any atom is -0.481 e. The van der Waals surface area contributed by atoms with Crippen LogP contribution in [0.25, 0.3) is 0 Å². The standard InChI is InChI=1S/C9H18N2O2/c1-2-11-6-5-10-7-8(11)3-4-9(12)13/h8,10H,2-7H2,1H3,(H,12,13). The lowest BCUT2D eigenvalue weighted by molar-refractivity contribution is -0.137. The van der Waals surface area contributed by atoms with E-state index in [0.717, 1.165) is 32.6 Å². The number of nitrogens with one attached hydrogen (secondary N) is 1. The number of rotatable bonds is 4. The average molecular weight is 186 g/mol. The largest absolute Gasteiger partial charge is 0.481 e. The van der Waals surface area contributed by atoms with E-state index >= 15 is 0 Å². The van der Waals surface area contributed by atoms with Crippen molar-refractivity contribution in [2.75, 3.05) is 26.2 Å². The van der Waals surface area contributed by atoms with Gasteiger partial charge in [0.2, 0.25) is 0 Å². The third kappa shape index (κ3) is 3.32. The van der Waals surface area contributed by atoms with Crippen LogP contribution in [-0.2, 0) is 4.79 Å². The zero-order valence-corrected chi connectivity index (χ0v) is 8.12. The van der Waals surface area contributed by atoms with Crippen LogP contribution in [0.1, 0.15) is 19.8 Å². The van der Waals surface area contributed by atoms with Crippen LogP contribution in [0.4, 0.5) is 0 Å². The van der Waals surface area contributed by atoms with E-state index in [-0.39, 0.29) is 6.42 Å². The molecule has 0 amide bonds. The molecule has 1 aliphatic heterocycles. The maximum Gasteiger partial charge on any atom is 0.303 e. The topological polar surface area (TPSA) is 52.6 Å². The van der Waals surface area contributed by atoms with Gasteiger partial charge in [0.15, 0.2) is 0 Å². The van der Waals surface area contributed by atoms with Crippen LogP contribution < -0.4 is 5.32 Å². The summed E-state index contributed by atoms with van der Waals surface area (Å²) in [5, 5.41) is 11.9. The molecule has 0 spiro atoms. The monoisotopic (exact) mass is 186 g/mol. The van der Waals surface area contributed by atoms with Gasteiger partial charge in [-0.05, 0) is 13.0 Å². The van der Waals surface area contributed by atoms with Gasteiger partial charge in [0.1, 0.15) is 0 Å². The molecule has 4 heteroatoms. The number of carbonyl (C=O) groups is 1. The van der Waals surface area contributed by atoms with Gasteiger partial charge in [-0.15, -0.1) is 0 Å². The van der Waals surface area contributed by atoms with E-state index in [4.69, 9.17) is 5.11 Å². The number of piperazine rings is 1. The molecule has 1 saturated heterocycles. The summed E-state index contributed by atoms with van der Waals surface area (Å²) in [6, 6.07) is 0.412. The molecule has 1 unspecified atom stereocenters. The van der Waals surface area contributed by atoms with Crippen molar-refractivity contribution in [2.45, 2.75) is 25.8 Å². The van der Waals surface area contributed by atoms with Crippen molar-refractivity contribution in [1.29, 1.82) is 0 Å². The Bertz CT molecular complexity index is 173. The molecule has 1 fully saturated rings. The summed E-state index contributed by atoms with van der Waals surface area (Å²) in [5.41, 5.74) is 0. The lowest BCUT2D eigenvalue weighted by atomic mass is 10.1. The van der Waals surface area contributed by atoms with Crippen LogP contribution >= 0.6 is 0 Å². The van der Waals surface area contributed by atoms with E-state index in [9.17, 15) is 4.79 Å². The fourth-order valence-electron chi connectivity index (χ4n) is 1.79. The predicted molar refractivity (Wildman–Crippen MR) is 50.8 cm³/mol. The molecule has 1 heterocycles. The molecule has 1 atom stereocenters. The van der Waals surface area contributed by atoms with E-state index in [0.29, 0.717) is 6.04 Å². The zero-order valence-electron chi connectivity index (χ0n) is 8.12. The number of hydrogen-bond donors (Lipinski definition) is 2. The van der Waals surface area contributed by atoms with Gasteiger partial charge in [-0.25, -0.2) is 0 Å². The summed E-state index contributed by atoms with van der Waals surface area (Å²) in [6.45, 7) is 6.14. The molecule has 0 aliphatic carbocycles. The maximum absolute atomic E-state index is 10.4. The molecule has 0 radical (unpaired) electrons. The zero-order chi connectivity index (χ0) is 9.68. The SMILES string of the molecule is CCN1CCNCC1CCC(=O)O. The van der Waals surface area contributed by atoms with Crippen molar-refractivity contribution >= 4 is 5.97 Å². The number of carboxylic acids is 1. The van der Waals surface area contributed by atoms with Gasteiger partial charge in [0.25, 0.3) is 0 Å². The van der Waals surface area contributed by atoms with Crippen LogP contribution in [-0.4, -0.2) is 48.2 Å². The molecule has 0 aromatic heterocycles. The second-order valence-electron chi connectivity index (χ2n) is 3.42. The van der Waals surface area contributed by atoms with Gasteiger partial charge in [-0.3, -0.25) is 9.69 Å². The number of hydrogen-bond acceptors (Lipinski definition) is 3. The third-order valence-electron chi connectivity index (χ3n) is 2.57. The number of nitrogens with zero attached hydrogens (tertiary/aromatic N) is 1. The molecule has 2 N–H and O–H groups in total. The Morgan fingerprint density at radius 3 is 3.08 bits per heavy atom. The Morgan fingerprint density at radius 2 is 2.46 bits per heavy atom. The van der Waals surface area contributed by atoms with Crippen LogP contribution in [0.2, 0.25) is 0 Å². The van der Waals surface area contributed by atoms with Crippen molar-refractivity contribution in [2.24, 2.45) is 0 Å². The molecule has 0 aromatic carbocycles. The van der Waals surface area contributed by atoms with Crippen LogP contribution in [0.3, 0.4) is 0 Å². The summed E-state index contributed by atoms with van der Waals surface area (Å²) in [4.78, 5) is 12.7. The summed E-state index contributed by atoms with van der Waals surface area (Å²) >= 11 is 0. The fraction of sp³-hybridized carbons (Fsp3) is 0.889. The van der Waals surface area contributed by atoms with Gasteiger partial charge in [-0.2, -0.15) is 0 Å². The van der Waals surface area contributed by atoms with Crippen molar-refractivity contribution < 1.29 is 9.90 Å².